The summed E-state index contributed by atoms with van der Waals surface area (Å²) < 4.78 is 52.4. The number of carbonyl (C=O) groups excluding carboxylic acids is 1. The van der Waals surface area contributed by atoms with E-state index in [1.165, 1.54) is 0 Å². The largest absolute Gasteiger partial charge is 0.494 e. The van der Waals surface area contributed by atoms with E-state index in [-0.39, 0.29) is 12.8 Å². The van der Waals surface area contributed by atoms with Gasteiger partial charge >= 0.3 is 12.2 Å². The van der Waals surface area contributed by atoms with E-state index in [9.17, 15) is 18.0 Å². The molecule has 4 heterocycles. The van der Waals surface area contributed by atoms with E-state index in [2.05, 4.69) is 10.3 Å². The van der Waals surface area contributed by atoms with Crippen molar-refractivity contribution >= 4 is 11.7 Å². The van der Waals surface area contributed by atoms with Crippen LogP contribution in [-0.2, 0) is 0 Å². The first-order valence-corrected chi connectivity index (χ1v) is 12.6. The van der Waals surface area contributed by atoms with Crippen molar-refractivity contribution in [1.82, 2.24) is 24.6 Å². The second-order valence-electron chi connectivity index (χ2n) is 9.14. The van der Waals surface area contributed by atoms with Gasteiger partial charge in [-0.15, -0.1) is 0 Å². The number of alkyl halides is 3. The van der Waals surface area contributed by atoms with Gasteiger partial charge in [0.1, 0.15) is 11.4 Å². The Labute approximate surface area is 219 Å². The predicted molar refractivity (Wildman–Crippen MR) is 137 cm³/mol. The van der Waals surface area contributed by atoms with Crippen LogP contribution in [0, 0.1) is 0 Å². The van der Waals surface area contributed by atoms with Gasteiger partial charge in [0.25, 0.3) is 0 Å². The standard InChI is InChI=1S/C27H32F3N5O3/c1-4-35-18(2)21-9-10-22(37-3)24(33-21)19-16-23(25-31-13-14-34(25)17-19)38-15-7-5-6-8-20(32-26(35)36)11-12-27(28,29)30/h5-6,9-10,13-14,16-18,20H,4,7-8,11-12,15H2,1-3H3,(H,32,36)/b6-5+. The van der Waals surface area contributed by atoms with Gasteiger partial charge in [0.05, 0.1) is 25.5 Å². The van der Waals surface area contributed by atoms with E-state index in [0.29, 0.717) is 48.1 Å². The molecule has 4 rings (SSSR count). The molecule has 2 amide bonds. The molecular formula is C27H32F3N5O3. The first-order chi connectivity index (χ1) is 18.2. The number of hydrogen-bond acceptors (Lipinski definition) is 5. The summed E-state index contributed by atoms with van der Waals surface area (Å²) in [5.41, 5.74) is 2.58. The summed E-state index contributed by atoms with van der Waals surface area (Å²) in [5.74, 6) is 1.12. The van der Waals surface area contributed by atoms with Crippen molar-refractivity contribution in [2.75, 3.05) is 20.3 Å². The maximum absolute atomic E-state index is 13.2. The summed E-state index contributed by atoms with van der Waals surface area (Å²) >= 11 is 0. The van der Waals surface area contributed by atoms with Crippen LogP contribution in [-0.4, -0.2) is 57.8 Å². The fourth-order valence-electron chi connectivity index (χ4n) is 4.51. The van der Waals surface area contributed by atoms with Gasteiger partial charge in [0.2, 0.25) is 0 Å². The number of hydrogen-bond donors (Lipinski definition) is 1. The maximum atomic E-state index is 13.2. The lowest BCUT2D eigenvalue weighted by molar-refractivity contribution is -0.136. The lowest BCUT2D eigenvalue weighted by Crippen LogP contribution is -2.46. The van der Waals surface area contributed by atoms with Crippen molar-refractivity contribution in [3.05, 3.63) is 54.6 Å². The molecule has 3 aromatic heterocycles. The molecule has 38 heavy (non-hydrogen) atoms. The van der Waals surface area contributed by atoms with E-state index in [4.69, 9.17) is 14.5 Å². The first kappa shape index (κ1) is 27.3. The van der Waals surface area contributed by atoms with Crippen LogP contribution in [0.15, 0.2) is 48.9 Å². The SMILES string of the molecule is CCN1C(=O)NC(CCC(F)(F)F)C/C=C/CCOc2cc(cn3ccnc23)-c2nc(ccc2OC)C1C. The van der Waals surface area contributed by atoms with E-state index in [1.807, 2.05) is 42.8 Å². The number of carbonyl (C=O) groups is 1. The highest BCUT2D eigenvalue weighted by molar-refractivity contribution is 5.75. The molecule has 1 N–H and O–H groups in total. The second kappa shape index (κ2) is 11.7. The zero-order chi connectivity index (χ0) is 27.3. The van der Waals surface area contributed by atoms with Crippen molar-refractivity contribution in [2.45, 2.75) is 57.8 Å². The molecule has 0 aromatic carbocycles. The Morgan fingerprint density at radius 3 is 2.82 bits per heavy atom. The number of ether oxygens (including phenoxy) is 2. The number of imidazole rings is 1. The fourth-order valence-corrected chi connectivity index (χ4v) is 4.51. The van der Waals surface area contributed by atoms with Crippen molar-refractivity contribution in [3.8, 4) is 22.8 Å². The minimum absolute atomic E-state index is 0.212. The molecule has 4 bridgehead atoms. The van der Waals surface area contributed by atoms with Crippen molar-refractivity contribution in [1.29, 1.82) is 0 Å². The molecule has 0 aliphatic carbocycles. The molecule has 2 atom stereocenters. The van der Waals surface area contributed by atoms with Gasteiger partial charge in [-0.1, -0.05) is 12.2 Å². The molecule has 0 fully saturated rings. The summed E-state index contributed by atoms with van der Waals surface area (Å²) in [6.07, 6.45) is 4.35. The number of fused-ring (bicyclic) bond motifs is 7. The number of nitrogens with one attached hydrogen (secondary N) is 1. The highest BCUT2D eigenvalue weighted by atomic mass is 19.4. The Bertz CT molecular complexity index is 1290. The number of urea groups is 1. The number of halogens is 3. The summed E-state index contributed by atoms with van der Waals surface area (Å²) in [7, 11) is 1.56. The van der Waals surface area contributed by atoms with E-state index < -0.39 is 30.7 Å². The summed E-state index contributed by atoms with van der Waals surface area (Å²) in [5, 5.41) is 2.81. The summed E-state index contributed by atoms with van der Waals surface area (Å²) in [6, 6.07) is 3.89. The minimum Gasteiger partial charge on any atom is -0.494 e. The Morgan fingerprint density at radius 1 is 1.26 bits per heavy atom. The number of amides is 2. The number of pyridine rings is 2. The third kappa shape index (κ3) is 6.38. The van der Waals surface area contributed by atoms with Gasteiger partial charge < -0.3 is 24.1 Å². The van der Waals surface area contributed by atoms with Crippen LogP contribution in [0.25, 0.3) is 16.9 Å². The minimum atomic E-state index is -4.30. The van der Waals surface area contributed by atoms with Crippen LogP contribution in [0.2, 0.25) is 0 Å². The normalized spacial score (nSPS) is 19.9. The molecule has 3 aromatic rings. The third-order valence-corrected chi connectivity index (χ3v) is 6.56. The zero-order valence-corrected chi connectivity index (χ0v) is 21.7. The van der Waals surface area contributed by atoms with Crippen LogP contribution in [0.3, 0.4) is 0 Å². The van der Waals surface area contributed by atoms with Crippen LogP contribution in [0.4, 0.5) is 18.0 Å². The molecule has 0 spiro atoms. The molecule has 0 saturated heterocycles. The van der Waals surface area contributed by atoms with Crippen LogP contribution in [0.5, 0.6) is 11.5 Å². The number of rotatable bonds is 4. The topological polar surface area (TPSA) is 81.0 Å². The lowest BCUT2D eigenvalue weighted by atomic mass is 10.1. The second-order valence-corrected chi connectivity index (χ2v) is 9.14. The Kier molecular flexibility index (Phi) is 8.43. The highest BCUT2D eigenvalue weighted by Crippen LogP contribution is 2.34. The average Bonchev–Trinajstić information content (AvgIpc) is 3.37. The molecular weight excluding hydrogens is 499 g/mol. The molecule has 2 unspecified atom stereocenters. The fraction of sp³-hybridized carbons (Fsp3) is 0.444. The van der Waals surface area contributed by atoms with Crippen LogP contribution in [0.1, 0.15) is 51.3 Å². The van der Waals surface area contributed by atoms with Crippen LogP contribution >= 0.6 is 0 Å². The number of aromatic nitrogens is 3. The Morgan fingerprint density at radius 2 is 2.08 bits per heavy atom. The molecule has 1 aliphatic heterocycles. The van der Waals surface area contributed by atoms with Gasteiger partial charge in [-0.25, -0.2) is 14.8 Å². The predicted octanol–water partition coefficient (Wildman–Crippen LogP) is 5.94. The van der Waals surface area contributed by atoms with E-state index in [1.54, 1.807) is 36.4 Å². The van der Waals surface area contributed by atoms with Gasteiger partial charge in [-0.05, 0) is 51.3 Å². The van der Waals surface area contributed by atoms with Gasteiger partial charge in [-0.2, -0.15) is 13.2 Å². The van der Waals surface area contributed by atoms with Gasteiger partial charge in [-0.3, -0.25) is 0 Å². The summed E-state index contributed by atoms with van der Waals surface area (Å²) in [4.78, 5) is 24.1. The average molecular weight is 532 g/mol. The van der Waals surface area contributed by atoms with E-state index in [0.717, 1.165) is 5.56 Å². The molecule has 0 saturated carbocycles. The number of methoxy groups -OCH3 is 1. The van der Waals surface area contributed by atoms with E-state index >= 15 is 0 Å². The highest BCUT2D eigenvalue weighted by Gasteiger charge is 2.30. The molecule has 1 aliphatic rings. The first-order valence-electron chi connectivity index (χ1n) is 12.6. The van der Waals surface area contributed by atoms with Gasteiger partial charge in [0.15, 0.2) is 11.4 Å². The number of nitrogens with zero attached hydrogens (tertiary/aromatic N) is 4. The Hall–Kier alpha value is -3.76. The Balaban J connectivity index is 1.75. The maximum Gasteiger partial charge on any atom is 0.389 e. The molecule has 11 heteroatoms. The van der Waals surface area contributed by atoms with Crippen molar-refractivity contribution in [2.24, 2.45) is 0 Å². The quantitative estimate of drug-likeness (QED) is 0.422. The third-order valence-electron chi connectivity index (χ3n) is 6.56. The smallest absolute Gasteiger partial charge is 0.389 e. The molecule has 8 nitrogen and oxygen atoms in total. The van der Waals surface area contributed by atoms with Crippen molar-refractivity contribution < 1.29 is 27.4 Å². The summed E-state index contributed by atoms with van der Waals surface area (Å²) in [6.45, 7) is 4.35. The lowest BCUT2D eigenvalue weighted by Gasteiger charge is -2.30. The van der Waals surface area contributed by atoms with Crippen molar-refractivity contribution in [3.63, 3.8) is 0 Å². The van der Waals surface area contributed by atoms with Crippen LogP contribution < -0.4 is 14.8 Å². The zero-order valence-electron chi connectivity index (χ0n) is 21.7. The molecule has 204 valence electrons. The van der Waals surface area contributed by atoms with Gasteiger partial charge in [0, 0.05) is 43.2 Å². The monoisotopic (exact) mass is 531 g/mol. The molecule has 0 radical (unpaired) electrons.